The van der Waals surface area contributed by atoms with Gasteiger partial charge in [0.2, 0.25) is 0 Å². The highest BCUT2D eigenvalue weighted by Gasteiger charge is 2.17. The van der Waals surface area contributed by atoms with Crippen molar-refractivity contribution in [2.45, 2.75) is 13.5 Å². The summed E-state index contributed by atoms with van der Waals surface area (Å²) in [7, 11) is 1.62. The second kappa shape index (κ2) is 8.93. The third-order valence-electron chi connectivity index (χ3n) is 3.56. The fourth-order valence-electron chi connectivity index (χ4n) is 2.44. The molecule has 5 heteroatoms. The lowest BCUT2D eigenvalue weighted by Gasteiger charge is -2.23. The SMILES string of the molecule is CCOc1cc(N)cc(C(=O)N(CCOC)Cc2ccccc2)c1. The van der Waals surface area contributed by atoms with Crippen molar-refractivity contribution in [1.82, 2.24) is 4.90 Å². The molecule has 0 atom stereocenters. The highest BCUT2D eigenvalue weighted by atomic mass is 16.5. The lowest BCUT2D eigenvalue weighted by Crippen LogP contribution is -2.33. The highest BCUT2D eigenvalue weighted by molar-refractivity contribution is 5.95. The van der Waals surface area contributed by atoms with E-state index in [1.54, 1.807) is 30.2 Å². The van der Waals surface area contributed by atoms with E-state index in [9.17, 15) is 4.79 Å². The van der Waals surface area contributed by atoms with Gasteiger partial charge in [0.15, 0.2) is 0 Å². The van der Waals surface area contributed by atoms with Gasteiger partial charge in [-0.25, -0.2) is 0 Å². The zero-order valence-corrected chi connectivity index (χ0v) is 14.2. The van der Waals surface area contributed by atoms with Crippen LogP contribution in [0, 0.1) is 0 Å². The van der Waals surface area contributed by atoms with Gasteiger partial charge in [-0.1, -0.05) is 30.3 Å². The van der Waals surface area contributed by atoms with E-state index in [-0.39, 0.29) is 5.91 Å². The second-order valence-electron chi connectivity index (χ2n) is 5.43. The number of nitrogens with zero attached hydrogens (tertiary/aromatic N) is 1. The van der Waals surface area contributed by atoms with Gasteiger partial charge >= 0.3 is 0 Å². The molecule has 0 saturated carbocycles. The minimum atomic E-state index is -0.0934. The molecule has 2 aromatic carbocycles. The predicted octanol–water partition coefficient (Wildman–Crippen LogP) is 2.96. The fourth-order valence-corrected chi connectivity index (χ4v) is 2.44. The van der Waals surface area contributed by atoms with Crippen LogP contribution in [0.25, 0.3) is 0 Å². The first kappa shape index (κ1) is 17.8. The number of amides is 1. The van der Waals surface area contributed by atoms with Gasteiger partial charge in [-0.3, -0.25) is 4.79 Å². The fraction of sp³-hybridized carbons (Fsp3) is 0.316. The third-order valence-corrected chi connectivity index (χ3v) is 3.56. The zero-order valence-electron chi connectivity index (χ0n) is 14.2. The van der Waals surface area contributed by atoms with Crippen molar-refractivity contribution in [3.05, 3.63) is 59.7 Å². The lowest BCUT2D eigenvalue weighted by molar-refractivity contribution is 0.0680. The topological polar surface area (TPSA) is 64.8 Å². The summed E-state index contributed by atoms with van der Waals surface area (Å²) in [6, 6.07) is 15.0. The maximum absolute atomic E-state index is 12.9. The van der Waals surface area contributed by atoms with Gasteiger partial charge in [-0.2, -0.15) is 0 Å². The Morgan fingerprint density at radius 2 is 1.92 bits per heavy atom. The van der Waals surface area contributed by atoms with Crippen molar-refractivity contribution < 1.29 is 14.3 Å². The molecule has 0 spiro atoms. The summed E-state index contributed by atoms with van der Waals surface area (Å²) >= 11 is 0. The number of rotatable bonds is 8. The van der Waals surface area contributed by atoms with Crippen molar-refractivity contribution in [3.8, 4) is 5.75 Å². The summed E-state index contributed by atoms with van der Waals surface area (Å²) in [5, 5.41) is 0. The average molecular weight is 328 g/mol. The van der Waals surface area contributed by atoms with Crippen molar-refractivity contribution >= 4 is 11.6 Å². The maximum Gasteiger partial charge on any atom is 0.254 e. The third kappa shape index (κ3) is 4.99. The molecular formula is C19H24N2O3. The Kier molecular flexibility index (Phi) is 6.63. The van der Waals surface area contributed by atoms with Crippen molar-refractivity contribution in [2.75, 3.05) is 32.6 Å². The molecule has 0 fully saturated rings. The van der Waals surface area contributed by atoms with Crippen molar-refractivity contribution in [3.63, 3.8) is 0 Å². The minimum Gasteiger partial charge on any atom is -0.494 e. The second-order valence-corrected chi connectivity index (χ2v) is 5.43. The molecule has 0 aliphatic heterocycles. The first-order valence-electron chi connectivity index (χ1n) is 7.99. The molecular weight excluding hydrogens is 304 g/mol. The number of hydrogen-bond acceptors (Lipinski definition) is 4. The van der Waals surface area contributed by atoms with E-state index in [0.717, 1.165) is 5.56 Å². The van der Waals surface area contributed by atoms with Crippen LogP contribution in [-0.4, -0.2) is 37.7 Å². The first-order valence-corrected chi connectivity index (χ1v) is 7.99. The molecule has 0 bridgehead atoms. The van der Waals surface area contributed by atoms with Crippen LogP contribution in [0.5, 0.6) is 5.75 Å². The Labute approximate surface area is 143 Å². The van der Waals surface area contributed by atoms with Crippen LogP contribution in [0.2, 0.25) is 0 Å². The lowest BCUT2D eigenvalue weighted by atomic mass is 10.1. The number of carbonyl (C=O) groups is 1. The maximum atomic E-state index is 12.9. The summed E-state index contributed by atoms with van der Waals surface area (Å²) in [6.45, 7) is 3.91. The van der Waals surface area contributed by atoms with Gasteiger partial charge in [0, 0.05) is 37.5 Å². The highest BCUT2D eigenvalue weighted by Crippen LogP contribution is 2.21. The molecule has 128 valence electrons. The summed E-state index contributed by atoms with van der Waals surface area (Å²) < 4.78 is 10.6. The van der Waals surface area contributed by atoms with Gasteiger partial charge in [0.1, 0.15) is 5.75 Å². The molecule has 5 nitrogen and oxygen atoms in total. The quantitative estimate of drug-likeness (QED) is 0.757. The number of ether oxygens (including phenoxy) is 2. The number of anilines is 1. The van der Waals surface area contributed by atoms with Crippen LogP contribution in [0.4, 0.5) is 5.69 Å². The monoisotopic (exact) mass is 328 g/mol. The van der Waals surface area contributed by atoms with Gasteiger partial charge < -0.3 is 20.1 Å². The van der Waals surface area contributed by atoms with E-state index in [1.807, 2.05) is 37.3 Å². The van der Waals surface area contributed by atoms with E-state index in [1.165, 1.54) is 0 Å². The molecule has 1 amide bonds. The number of methoxy groups -OCH3 is 1. The van der Waals surface area contributed by atoms with E-state index in [4.69, 9.17) is 15.2 Å². The minimum absolute atomic E-state index is 0.0934. The molecule has 0 aliphatic rings. The molecule has 2 aromatic rings. The van der Waals surface area contributed by atoms with Crippen LogP contribution in [-0.2, 0) is 11.3 Å². The van der Waals surface area contributed by atoms with Crippen molar-refractivity contribution in [2.24, 2.45) is 0 Å². The van der Waals surface area contributed by atoms with Gasteiger partial charge in [-0.05, 0) is 24.6 Å². The van der Waals surface area contributed by atoms with Crippen LogP contribution >= 0.6 is 0 Å². The molecule has 2 N–H and O–H groups in total. The normalized spacial score (nSPS) is 10.4. The van der Waals surface area contributed by atoms with Gasteiger partial charge in [0.25, 0.3) is 5.91 Å². The number of hydrogen-bond donors (Lipinski definition) is 1. The van der Waals surface area contributed by atoms with Gasteiger partial charge in [-0.15, -0.1) is 0 Å². The van der Waals surface area contributed by atoms with E-state index in [2.05, 4.69) is 0 Å². The standard InChI is InChI=1S/C19H24N2O3/c1-3-24-18-12-16(11-17(20)13-18)19(22)21(9-10-23-2)14-15-7-5-4-6-8-15/h4-8,11-13H,3,9-10,14,20H2,1-2H3. The molecule has 0 unspecified atom stereocenters. The zero-order chi connectivity index (χ0) is 17.4. The molecule has 24 heavy (non-hydrogen) atoms. The van der Waals surface area contributed by atoms with Crippen molar-refractivity contribution in [1.29, 1.82) is 0 Å². The van der Waals surface area contributed by atoms with Gasteiger partial charge in [0.05, 0.1) is 13.2 Å². The molecule has 0 aliphatic carbocycles. The van der Waals surface area contributed by atoms with Crippen LogP contribution < -0.4 is 10.5 Å². The molecule has 0 aromatic heterocycles. The Morgan fingerprint density at radius 1 is 1.17 bits per heavy atom. The van der Waals surface area contributed by atoms with Crippen LogP contribution in [0.3, 0.4) is 0 Å². The Morgan fingerprint density at radius 3 is 2.58 bits per heavy atom. The number of nitrogens with two attached hydrogens (primary N) is 1. The van der Waals surface area contributed by atoms with E-state index in [0.29, 0.717) is 43.3 Å². The summed E-state index contributed by atoms with van der Waals surface area (Å²) in [5.74, 6) is 0.511. The summed E-state index contributed by atoms with van der Waals surface area (Å²) in [6.07, 6.45) is 0. The predicted molar refractivity (Wildman–Crippen MR) is 95.1 cm³/mol. The van der Waals surface area contributed by atoms with E-state index < -0.39 is 0 Å². The average Bonchev–Trinajstić information content (AvgIpc) is 2.58. The van der Waals surface area contributed by atoms with Crippen LogP contribution in [0.15, 0.2) is 48.5 Å². The van der Waals surface area contributed by atoms with Crippen LogP contribution in [0.1, 0.15) is 22.8 Å². The smallest absolute Gasteiger partial charge is 0.254 e. The molecule has 0 saturated heterocycles. The summed E-state index contributed by atoms with van der Waals surface area (Å²) in [5.41, 5.74) is 8.00. The Bertz CT molecular complexity index is 659. The largest absolute Gasteiger partial charge is 0.494 e. The molecule has 0 radical (unpaired) electrons. The Balaban J connectivity index is 2.23. The number of nitrogen functional groups attached to an aromatic ring is 1. The first-order chi connectivity index (χ1) is 11.6. The molecule has 2 rings (SSSR count). The Hall–Kier alpha value is -2.53. The summed E-state index contributed by atoms with van der Waals surface area (Å²) in [4.78, 5) is 14.7. The number of benzene rings is 2. The van der Waals surface area contributed by atoms with E-state index >= 15 is 0 Å². The number of carbonyl (C=O) groups excluding carboxylic acids is 1. The molecule has 0 heterocycles.